The summed E-state index contributed by atoms with van der Waals surface area (Å²) < 4.78 is 19.2. The number of H-pyrrole nitrogens is 4. The number of terminal acetylenes is 1. The van der Waals surface area contributed by atoms with Gasteiger partial charge in [0.15, 0.2) is 0 Å². The van der Waals surface area contributed by atoms with Crippen molar-refractivity contribution in [3.05, 3.63) is 375 Å². The number of aryl methyl sites for hydroxylation is 10. The van der Waals surface area contributed by atoms with Crippen LogP contribution >= 0.6 is 47.8 Å². The number of nitrogens with two attached hydrogens (primary N) is 1. The van der Waals surface area contributed by atoms with Gasteiger partial charge in [-0.1, -0.05) is 43.3 Å². The van der Waals surface area contributed by atoms with Gasteiger partial charge in [0.1, 0.15) is 36.5 Å². The zero-order valence-electron chi connectivity index (χ0n) is 84.8. The molecule has 0 aliphatic carbocycles. The zero-order chi connectivity index (χ0) is 104. The number of aromatic amines is 4. The molecule has 0 bridgehead atoms. The first-order valence-electron chi connectivity index (χ1n) is 47.5. The summed E-state index contributed by atoms with van der Waals surface area (Å²) in [4.78, 5) is 76.9. The van der Waals surface area contributed by atoms with Gasteiger partial charge in [-0.2, -0.15) is 10.2 Å². The van der Waals surface area contributed by atoms with Gasteiger partial charge >= 0.3 is 7.12 Å². The van der Waals surface area contributed by atoms with Gasteiger partial charge in [0.2, 0.25) is 0 Å². The molecule has 22 rings (SSSR count). The third-order valence-electron chi connectivity index (χ3n) is 24.4. The molecule has 0 aromatic carbocycles. The normalized spacial score (nSPS) is 12.0. The molecule has 0 spiro atoms. The second-order valence-corrected chi connectivity index (χ2v) is 44.3. The van der Waals surface area contributed by atoms with Crippen LogP contribution in [0.5, 0.6) is 0 Å². The van der Waals surface area contributed by atoms with E-state index in [1.807, 2.05) is 189 Å². The molecule has 1 saturated heterocycles. The molecule has 21 aromatic heterocycles. The first-order valence-corrected chi connectivity index (χ1v) is 53.4. The lowest BCUT2D eigenvalue weighted by Crippen LogP contribution is -2.41. The molecule has 0 saturated carbocycles. The highest BCUT2D eigenvalue weighted by atomic mass is 79.9. The fraction of sp³-hybridized carbons (Fsp3) is 0.181. The molecule has 0 radical (unpaired) electrons. The van der Waals surface area contributed by atoms with Crippen molar-refractivity contribution >= 4 is 118 Å². The summed E-state index contributed by atoms with van der Waals surface area (Å²) in [7, 11) is -1.65. The fourth-order valence-electron chi connectivity index (χ4n) is 15.3. The summed E-state index contributed by atoms with van der Waals surface area (Å²) in [5, 5.41) is 13.8. The molecule has 22 heterocycles. The van der Waals surface area contributed by atoms with Crippen molar-refractivity contribution < 1.29 is 9.31 Å². The molecule has 1 aliphatic heterocycles. The Balaban J connectivity index is 0.000000130. The van der Waals surface area contributed by atoms with E-state index >= 15 is 0 Å². The number of hydrogen-bond acceptors (Lipinski definition) is 20. The van der Waals surface area contributed by atoms with Gasteiger partial charge in [-0.05, 0) is 329 Å². The summed E-state index contributed by atoms with van der Waals surface area (Å²) in [6.07, 6.45) is 50.3. The molecule has 21 aromatic rings. The van der Waals surface area contributed by atoms with Gasteiger partial charge in [0.25, 0.3) is 0 Å². The first-order chi connectivity index (χ1) is 70.8. The van der Waals surface area contributed by atoms with Gasteiger partial charge in [0.05, 0.1) is 39.5 Å². The van der Waals surface area contributed by atoms with Crippen molar-refractivity contribution in [2.75, 3.05) is 5.73 Å². The van der Waals surface area contributed by atoms with Gasteiger partial charge < -0.3 is 35.0 Å². The van der Waals surface area contributed by atoms with E-state index in [1.165, 1.54) is 33.4 Å². The van der Waals surface area contributed by atoms with Crippen molar-refractivity contribution in [1.82, 2.24) is 114 Å². The Labute approximate surface area is 882 Å². The Hall–Kier alpha value is -16.0. The van der Waals surface area contributed by atoms with Crippen LogP contribution in [0.1, 0.15) is 108 Å². The Morgan fingerprint density at radius 3 is 1.07 bits per heavy atom. The molecule has 26 nitrogen and oxygen atoms in total. The van der Waals surface area contributed by atoms with Gasteiger partial charge in [-0.15, -0.1) is 12.0 Å². The number of hydrogen-bond donors (Lipinski definition) is 5. The van der Waals surface area contributed by atoms with Crippen molar-refractivity contribution in [1.29, 1.82) is 0 Å². The number of halogens is 3. The van der Waals surface area contributed by atoms with Gasteiger partial charge in [-0.25, -0.2) is 24.9 Å². The fourth-order valence-corrected chi connectivity index (χ4v) is 16.7. The van der Waals surface area contributed by atoms with Crippen LogP contribution < -0.4 is 11.2 Å². The van der Waals surface area contributed by atoms with Crippen LogP contribution in [0.25, 0.3) is 134 Å². The van der Waals surface area contributed by atoms with E-state index in [9.17, 15) is 0 Å². The highest BCUT2D eigenvalue weighted by Gasteiger charge is 2.52. The number of aromatic nitrogens is 23. The maximum Gasteiger partial charge on any atom is 0.496 e. The maximum atomic E-state index is 6.13. The van der Waals surface area contributed by atoms with Crippen LogP contribution in [0.3, 0.4) is 0 Å². The number of anilines is 1. The predicted octanol–water partition coefficient (Wildman–Crippen LogP) is 25.4. The monoisotopic (exact) mass is 2150 g/mol. The summed E-state index contributed by atoms with van der Waals surface area (Å²) in [5.74, 6) is 12.2. The Morgan fingerprint density at radius 2 is 0.707 bits per heavy atom. The number of nitrogens with one attached hydrogen (secondary N) is 4. The molecule has 0 amide bonds. The lowest BCUT2D eigenvalue weighted by Gasteiger charge is -2.32. The van der Waals surface area contributed by atoms with E-state index < -0.39 is 15.2 Å². The zero-order valence-corrected chi connectivity index (χ0v) is 90.6. The number of nitrogen functional groups attached to an aromatic ring is 1. The quantitative estimate of drug-likeness (QED) is 0.0593. The van der Waals surface area contributed by atoms with E-state index in [0.717, 1.165) is 194 Å². The molecule has 1 aliphatic rings. The molecule has 147 heavy (non-hydrogen) atoms. The third-order valence-corrected chi connectivity index (χ3v) is 27.0. The minimum atomic E-state index is -1.25. The van der Waals surface area contributed by atoms with Crippen LogP contribution in [0.15, 0.2) is 308 Å². The number of rotatable bonds is 11. The molecule has 1 fully saturated rings. The molecular weight excluding hydrogens is 2040 g/mol. The van der Waals surface area contributed by atoms with Crippen molar-refractivity contribution in [2.45, 2.75) is 141 Å². The van der Waals surface area contributed by atoms with Gasteiger partial charge in [0, 0.05) is 292 Å². The highest BCUT2D eigenvalue weighted by molar-refractivity contribution is 9.11. The molecule has 6 N–H and O–H groups in total. The summed E-state index contributed by atoms with van der Waals surface area (Å²) in [6.45, 7) is 37.1. The minimum Gasteiger partial charge on any atom is -0.399 e. The summed E-state index contributed by atoms with van der Waals surface area (Å²) >= 11 is 10.1. The molecular formula is C116H110BBr3N24O2Si. The van der Waals surface area contributed by atoms with Crippen molar-refractivity contribution in [3.63, 3.8) is 0 Å². The lowest BCUT2D eigenvalue weighted by atomic mass is 9.80. The third kappa shape index (κ3) is 27.0. The smallest absolute Gasteiger partial charge is 0.399 e. The Morgan fingerprint density at radius 1 is 0.361 bits per heavy atom. The Bertz CT molecular complexity index is 8150. The van der Waals surface area contributed by atoms with Crippen molar-refractivity contribution in [3.8, 4) is 126 Å². The first kappa shape index (κ1) is 105. The van der Waals surface area contributed by atoms with Gasteiger partial charge in [-0.3, -0.25) is 59.2 Å². The number of fused-ring (bicyclic) bond motifs is 4. The van der Waals surface area contributed by atoms with Crippen LogP contribution in [-0.4, -0.2) is 141 Å². The largest absolute Gasteiger partial charge is 0.496 e. The maximum absolute atomic E-state index is 6.13. The van der Waals surface area contributed by atoms with E-state index in [-0.39, 0.29) is 11.2 Å². The van der Waals surface area contributed by atoms with Crippen LogP contribution in [0.2, 0.25) is 19.6 Å². The van der Waals surface area contributed by atoms with Crippen molar-refractivity contribution in [2.24, 2.45) is 0 Å². The van der Waals surface area contributed by atoms with E-state index in [4.69, 9.17) is 31.7 Å². The molecule has 0 atom stereocenters. The average molecular weight is 2150 g/mol. The van der Waals surface area contributed by atoms with Crippen LogP contribution in [0, 0.1) is 91.0 Å². The second-order valence-electron chi connectivity index (χ2n) is 36.8. The van der Waals surface area contributed by atoms with E-state index in [1.54, 1.807) is 80.6 Å². The van der Waals surface area contributed by atoms with E-state index in [2.05, 4.69) is 322 Å². The number of nitrogens with zero attached hydrogens (tertiary/aromatic N) is 19. The number of pyridine rings is 15. The molecule has 31 heteroatoms. The lowest BCUT2D eigenvalue weighted by molar-refractivity contribution is 0.00578. The SMILES string of the molecule is C#Cc1cnccc1C.CCn1nc(-c2cccnc2)cc1-c1cnc2[nH]c(-c3cnccc3C)cc2c1.CCn1nc(-c2cccnc2)cc1-c1cnc2[nH]c(-c3cnccc3C)cc2c1.Cc1ccncc1-c1cc2cc(B3OC(C)(C)C(C)(C)O3)cnc2[nH]1.Cc1ccncc1-c1cc2cc(Br)cnc2[nH]1.Cc1ccncc1Br.Cc1ccncc1C#C[Si](C)(C)C.Cc1ccncc1C#Cc1cc(Br)cnc1N. The average Bonchev–Trinajstić information content (AvgIpc) is 1.61. The van der Waals surface area contributed by atoms with Crippen LogP contribution in [0.4, 0.5) is 5.82 Å². The Kier molecular flexibility index (Phi) is 34.4. The predicted molar refractivity (Wildman–Crippen MR) is 604 cm³/mol. The molecule has 734 valence electrons. The summed E-state index contributed by atoms with van der Waals surface area (Å²) in [6, 6.07) is 46.7. The standard InChI is InChI=1S/2C23H20N6.C19H22BN3O2.2C13H10BrN3.C11H15NSi.C8H7N.C6H6BrN/c2*1-3-29-22(11-20(28-29)16-5-4-7-24-12-16)18-9-17-10-21(27-23(17)26-13-18)19-14-25-8-6-15(19)2;1-12-6-7-21-11-15(12)16-9-13-8-14(10-22-17(13)23-16)20-24-18(2,3)19(4,5)25-20;1-8-2-3-15-7-11(8)12-5-9-4-10(14)6-16-13(9)17-12;1-9-4-5-16-7-11(9)3-2-10-6-12(14)8-17-13(10)15;1-10-5-7-12-9-11(10)6-8-13(2,3)4;1-3-8-6-9-5-4-7(8)2;1-5-2-3-8-4-6(5)7/h2*4-14H,3H2,1-2H3,(H,26,27);6-11H,1-5H3,(H,22,23);2-7H,1H3,(H,16,17);4-8H,1H3,(H2,15,17);5,7,9H,1-4H3;1,4-6H,2H3;2-4H,1H3. The topological polar surface area (TPSA) is 337 Å². The molecule has 0 unspecified atom stereocenters. The van der Waals surface area contributed by atoms with Crippen LogP contribution in [-0.2, 0) is 22.4 Å². The minimum absolute atomic E-state index is 0.358. The van der Waals surface area contributed by atoms with E-state index in [0.29, 0.717) is 11.4 Å². The highest BCUT2D eigenvalue weighted by Crippen LogP contribution is 2.39. The second kappa shape index (κ2) is 48.1. The summed E-state index contributed by atoms with van der Waals surface area (Å²) in [5.41, 5.74) is 42.1.